The zero-order chi connectivity index (χ0) is 20.1. The maximum Gasteiger partial charge on any atom is 0.206 e. The third kappa shape index (κ3) is 4.49. The second-order valence-electron chi connectivity index (χ2n) is 6.65. The molecular weight excluding hydrogens is 352 g/mol. The first-order valence-corrected chi connectivity index (χ1v) is 9.06. The van der Waals surface area contributed by atoms with Gasteiger partial charge in [-0.05, 0) is 54.8 Å². The van der Waals surface area contributed by atoms with E-state index in [0.29, 0.717) is 12.3 Å². The van der Waals surface area contributed by atoms with E-state index in [2.05, 4.69) is 5.10 Å². The SMILES string of the molecule is COc1ccc(/C=C/C(=O)c2ccn(C)n2)cc1COc1c(C)cccc1C. The van der Waals surface area contributed by atoms with Crippen LogP contribution in [0.4, 0.5) is 0 Å². The summed E-state index contributed by atoms with van der Waals surface area (Å²) in [6.45, 7) is 4.44. The number of hydrogen-bond donors (Lipinski definition) is 0. The lowest BCUT2D eigenvalue weighted by Crippen LogP contribution is -2.02. The van der Waals surface area contributed by atoms with Crippen LogP contribution in [0.15, 0.2) is 54.7 Å². The second kappa shape index (κ2) is 8.57. The van der Waals surface area contributed by atoms with E-state index in [-0.39, 0.29) is 5.78 Å². The average molecular weight is 376 g/mol. The van der Waals surface area contributed by atoms with Crippen molar-refractivity contribution in [1.82, 2.24) is 9.78 Å². The summed E-state index contributed by atoms with van der Waals surface area (Å²) >= 11 is 0. The van der Waals surface area contributed by atoms with Crippen molar-refractivity contribution in [2.45, 2.75) is 20.5 Å². The minimum Gasteiger partial charge on any atom is -0.496 e. The largest absolute Gasteiger partial charge is 0.496 e. The Hall–Kier alpha value is -3.34. The Morgan fingerprint density at radius 2 is 1.89 bits per heavy atom. The molecule has 3 aromatic rings. The van der Waals surface area contributed by atoms with Gasteiger partial charge in [-0.2, -0.15) is 5.10 Å². The number of benzene rings is 2. The van der Waals surface area contributed by atoms with Crippen LogP contribution in [0.2, 0.25) is 0 Å². The van der Waals surface area contributed by atoms with E-state index in [4.69, 9.17) is 9.47 Å². The number of hydrogen-bond acceptors (Lipinski definition) is 4. The summed E-state index contributed by atoms with van der Waals surface area (Å²) in [7, 11) is 3.42. The molecule has 0 amide bonds. The molecule has 0 aliphatic heterocycles. The molecule has 144 valence electrons. The Balaban J connectivity index is 1.78. The Morgan fingerprint density at radius 1 is 1.14 bits per heavy atom. The molecule has 1 heterocycles. The number of aromatic nitrogens is 2. The zero-order valence-electron chi connectivity index (χ0n) is 16.6. The normalized spacial score (nSPS) is 11.0. The maximum atomic E-state index is 12.2. The highest BCUT2D eigenvalue weighted by Gasteiger charge is 2.09. The standard InChI is InChI=1S/C23H24N2O3/c1-16-6-5-7-17(2)23(16)28-15-19-14-18(9-11-22(19)27-4)8-10-21(26)20-12-13-25(3)24-20/h5-14H,15H2,1-4H3/b10-8+. The van der Waals surface area contributed by atoms with E-state index >= 15 is 0 Å². The molecule has 0 saturated carbocycles. The fourth-order valence-electron chi connectivity index (χ4n) is 3.00. The van der Waals surface area contributed by atoms with Crippen LogP contribution in [-0.2, 0) is 13.7 Å². The zero-order valence-corrected chi connectivity index (χ0v) is 16.6. The first kappa shape index (κ1) is 19.4. The highest BCUT2D eigenvalue weighted by atomic mass is 16.5. The topological polar surface area (TPSA) is 53.4 Å². The van der Waals surface area contributed by atoms with Gasteiger partial charge in [-0.3, -0.25) is 9.48 Å². The minimum atomic E-state index is -0.134. The van der Waals surface area contributed by atoms with E-state index in [1.54, 1.807) is 37.2 Å². The number of rotatable bonds is 7. The van der Waals surface area contributed by atoms with Gasteiger partial charge in [-0.1, -0.05) is 30.3 Å². The quantitative estimate of drug-likeness (QED) is 0.449. The summed E-state index contributed by atoms with van der Waals surface area (Å²) in [5.41, 5.74) is 4.42. The van der Waals surface area contributed by atoms with Crippen molar-refractivity contribution in [1.29, 1.82) is 0 Å². The number of methoxy groups -OCH3 is 1. The van der Waals surface area contributed by atoms with Crippen molar-refractivity contribution >= 4 is 11.9 Å². The molecular formula is C23H24N2O3. The predicted molar refractivity (Wildman–Crippen MR) is 110 cm³/mol. The fraction of sp³-hybridized carbons (Fsp3) is 0.217. The third-order valence-electron chi connectivity index (χ3n) is 4.48. The average Bonchev–Trinajstić information content (AvgIpc) is 3.12. The molecule has 0 bridgehead atoms. The summed E-state index contributed by atoms with van der Waals surface area (Å²) < 4.78 is 13.1. The van der Waals surface area contributed by atoms with Gasteiger partial charge in [0.05, 0.1) is 7.11 Å². The lowest BCUT2D eigenvalue weighted by atomic mass is 10.1. The van der Waals surface area contributed by atoms with Crippen molar-refractivity contribution in [3.63, 3.8) is 0 Å². The van der Waals surface area contributed by atoms with Gasteiger partial charge in [0.2, 0.25) is 5.78 Å². The number of ketones is 1. The molecule has 0 unspecified atom stereocenters. The first-order valence-electron chi connectivity index (χ1n) is 9.06. The van der Waals surface area contributed by atoms with E-state index in [1.807, 2.05) is 50.2 Å². The molecule has 0 radical (unpaired) electrons. The van der Waals surface area contributed by atoms with Crippen LogP contribution >= 0.6 is 0 Å². The molecule has 0 N–H and O–H groups in total. The van der Waals surface area contributed by atoms with Crippen molar-refractivity contribution in [3.8, 4) is 11.5 Å². The molecule has 0 atom stereocenters. The summed E-state index contributed by atoms with van der Waals surface area (Å²) in [4.78, 5) is 12.2. The molecule has 0 aliphatic rings. The van der Waals surface area contributed by atoms with Crippen LogP contribution in [0, 0.1) is 13.8 Å². The van der Waals surface area contributed by atoms with E-state index in [9.17, 15) is 4.79 Å². The van der Waals surface area contributed by atoms with E-state index in [1.165, 1.54) is 6.08 Å². The Morgan fingerprint density at radius 3 is 2.54 bits per heavy atom. The summed E-state index contributed by atoms with van der Waals surface area (Å²) in [5, 5.41) is 4.12. The van der Waals surface area contributed by atoms with Gasteiger partial charge >= 0.3 is 0 Å². The molecule has 3 rings (SSSR count). The molecule has 1 aromatic heterocycles. The van der Waals surface area contributed by atoms with Gasteiger partial charge < -0.3 is 9.47 Å². The lowest BCUT2D eigenvalue weighted by Gasteiger charge is -2.14. The van der Waals surface area contributed by atoms with Crippen LogP contribution in [0.5, 0.6) is 11.5 Å². The predicted octanol–water partition coefficient (Wildman–Crippen LogP) is 4.52. The number of aryl methyl sites for hydroxylation is 3. The Bertz CT molecular complexity index is 998. The van der Waals surface area contributed by atoms with Crippen LogP contribution in [0.25, 0.3) is 6.08 Å². The van der Waals surface area contributed by atoms with Crippen molar-refractivity contribution < 1.29 is 14.3 Å². The van der Waals surface area contributed by atoms with Gasteiger partial charge in [0.25, 0.3) is 0 Å². The van der Waals surface area contributed by atoms with Crippen molar-refractivity contribution in [2.24, 2.45) is 7.05 Å². The highest BCUT2D eigenvalue weighted by molar-refractivity contribution is 6.05. The molecule has 2 aromatic carbocycles. The Kier molecular flexibility index (Phi) is 5.94. The molecule has 5 nitrogen and oxygen atoms in total. The van der Waals surface area contributed by atoms with Crippen LogP contribution in [-0.4, -0.2) is 22.7 Å². The number of carbonyl (C=O) groups is 1. The van der Waals surface area contributed by atoms with Gasteiger partial charge in [-0.25, -0.2) is 0 Å². The minimum absolute atomic E-state index is 0.134. The number of carbonyl (C=O) groups excluding carboxylic acids is 1. The van der Waals surface area contributed by atoms with Crippen molar-refractivity contribution in [3.05, 3.63) is 82.7 Å². The molecule has 28 heavy (non-hydrogen) atoms. The Labute approximate surface area is 165 Å². The summed E-state index contributed by atoms with van der Waals surface area (Å²) in [5.74, 6) is 1.50. The third-order valence-corrected chi connectivity index (χ3v) is 4.48. The fourth-order valence-corrected chi connectivity index (χ4v) is 3.00. The van der Waals surface area contributed by atoms with E-state index in [0.717, 1.165) is 33.8 Å². The number of nitrogens with zero attached hydrogens (tertiary/aromatic N) is 2. The molecule has 0 saturated heterocycles. The summed E-state index contributed by atoms with van der Waals surface area (Å²) in [6.07, 6.45) is 5.05. The maximum absolute atomic E-state index is 12.2. The monoisotopic (exact) mass is 376 g/mol. The lowest BCUT2D eigenvalue weighted by molar-refractivity contribution is 0.104. The van der Waals surface area contributed by atoms with Crippen LogP contribution in [0.3, 0.4) is 0 Å². The number of ether oxygens (including phenoxy) is 2. The van der Waals surface area contributed by atoms with Gasteiger partial charge in [0, 0.05) is 18.8 Å². The van der Waals surface area contributed by atoms with Crippen LogP contribution in [0.1, 0.15) is 32.7 Å². The number of allylic oxidation sites excluding steroid dienone is 1. The van der Waals surface area contributed by atoms with Gasteiger partial charge in [-0.15, -0.1) is 0 Å². The van der Waals surface area contributed by atoms with Gasteiger partial charge in [0.1, 0.15) is 23.8 Å². The van der Waals surface area contributed by atoms with Crippen molar-refractivity contribution in [2.75, 3.05) is 7.11 Å². The van der Waals surface area contributed by atoms with E-state index < -0.39 is 0 Å². The molecule has 0 aliphatic carbocycles. The second-order valence-corrected chi connectivity index (χ2v) is 6.65. The highest BCUT2D eigenvalue weighted by Crippen LogP contribution is 2.26. The van der Waals surface area contributed by atoms with Crippen LogP contribution < -0.4 is 9.47 Å². The molecule has 0 spiro atoms. The molecule has 5 heteroatoms. The first-order chi connectivity index (χ1) is 13.5. The number of para-hydroxylation sites is 1. The molecule has 0 fully saturated rings. The van der Waals surface area contributed by atoms with Gasteiger partial charge in [0.15, 0.2) is 0 Å². The summed E-state index contributed by atoms with van der Waals surface area (Å²) in [6, 6.07) is 13.5. The smallest absolute Gasteiger partial charge is 0.206 e.